The number of imidazole rings is 2. The van der Waals surface area contributed by atoms with E-state index in [0.717, 1.165) is 58.2 Å². The molecule has 0 aliphatic carbocycles. The zero-order chi connectivity index (χ0) is 37.1. The summed E-state index contributed by atoms with van der Waals surface area (Å²) in [7, 11) is 0. The fourth-order valence-electron chi connectivity index (χ4n) is 8.55. The standard InChI is InChI=1S/C42H42N8O4/c43-13-1-15-45-21-23-47(25-45)17-3-19-49-39(51)31-9-5-27-29-7-11-33-38-34(12-8-30(36(29)38)28-6-10-32(40(49)52)37(31)35(27)28)42(54)50(41(33)53)20-4-18-48-24-22-46(26-48)16-2-14-44/h5-12,21-26H,1-4,13-20,43-44H2/q+2. The predicted octanol–water partition coefficient (Wildman–Crippen LogP) is 3.99. The number of aromatic nitrogens is 4. The third-order valence-electron chi connectivity index (χ3n) is 11.1. The summed E-state index contributed by atoms with van der Waals surface area (Å²) in [5.74, 6) is -1.18. The maximum absolute atomic E-state index is 14.0. The summed E-state index contributed by atoms with van der Waals surface area (Å²) in [5, 5.41) is 6.53. The number of benzene rings is 5. The SMILES string of the molecule is NCCCn1cc[n+](CCCN2C(=O)c3ccc4c5ccc6c7c(ccc(c8ccc(c3c48)C2=O)c75)C(=O)N(CCC[n+]2ccn(CCCN)c2)C6=O)c1. The Hall–Kier alpha value is -5.98. The maximum atomic E-state index is 14.0. The molecule has 0 unspecified atom stereocenters. The number of hydrogen-bond acceptors (Lipinski definition) is 6. The van der Waals surface area contributed by atoms with Crippen molar-refractivity contribution in [1.82, 2.24) is 18.9 Å². The smallest absolute Gasteiger partial charge is 0.261 e. The Morgan fingerprint density at radius 1 is 0.444 bits per heavy atom. The van der Waals surface area contributed by atoms with Gasteiger partial charge in [-0.3, -0.25) is 29.0 Å². The Balaban J connectivity index is 1.02. The van der Waals surface area contributed by atoms with Crippen molar-refractivity contribution in [3.63, 3.8) is 0 Å². The van der Waals surface area contributed by atoms with Gasteiger partial charge >= 0.3 is 0 Å². The summed E-state index contributed by atoms with van der Waals surface area (Å²) in [5.41, 5.74) is 13.3. The number of hydrogen-bond donors (Lipinski definition) is 2. The highest BCUT2D eigenvalue weighted by molar-refractivity contribution is 6.41. The highest BCUT2D eigenvalue weighted by atomic mass is 16.2. The number of fused-ring (bicyclic) bond motifs is 2. The molecule has 4 heterocycles. The highest BCUT2D eigenvalue weighted by Crippen LogP contribution is 2.46. The summed E-state index contributed by atoms with van der Waals surface area (Å²) in [6.07, 6.45) is 15.1. The Kier molecular flexibility index (Phi) is 8.43. The van der Waals surface area contributed by atoms with Crippen molar-refractivity contribution in [2.24, 2.45) is 11.5 Å². The van der Waals surface area contributed by atoms with Crippen molar-refractivity contribution in [3.8, 4) is 0 Å². The molecule has 5 aromatic carbocycles. The Bertz CT molecular complexity index is 2350. The van der Waals surface area contributed by atoms with Crippen LogP contribution in [0.4, 0.5) is 0 Å². The average molecular weight is 723 g/mol. The number of imide groups is 2. The van der Waals surface area contributed by atoms with Gasteiger partial charge in [0.2, 0.25) is 12.7 Å². The molecule has 0 spiro atoms. The first-order valence-corrected chi connectivity index (χ1v) is 18.8. The van der Waals surface area contributed by atoms with Crippen molar-refractivity contribution in [3.05, 3.63) is 108 Å². The lowest BCUT2D eigenvalue weighted by Crippen LogP contribution is -2.42. The largest absolute Gasteiger partial charge is 0.330 e. The van der Waals surface area contributed by atoms with Crippen LogP contribution in [0.1, 0.15) is 67.1 Å². The van der Waals surface area contributed by atoms with Gasteiger partial charge in [0, 0.05) is 59.0 Å². The van der Waals surface area contributed by atoms with E-state index in [2.05, 4.69) is 18.3 Å². The minimum absolute atomic E-state index is 0.295. The number of rotatable bonds is 14. The van der Waals surface area contributed by atoms with Gasteiger partial charge < -0.3 is 11.5 Å². The summed E-state index contributed by atoms with van der Waals surface area (Å²) in [6.45, 7) is 4.91. The van der Waals surface area contributed by atoms with Gasteiger partial charge in [-0.2, -0.15) is 0 Å². The molecule has 9 rings (SSSR count). The summed E-state index contributed by atoms with van der Waals surface area (Å²) in [6, 6.07) is 15.1. The van der Waals surface area contributed by atoms with Crippen molar-refractivity contribution >= 4 is 66.7 Å². The van der Waals surface area contributed by atoms with Crippen LogP contribution in [0, 0.1) is 0 Å². The second-order valence-electron chi connectivity index (χ2n) is 14.4. The molecule has 2 aliphatic heterocycles. The first-order chi connectivity index (χ1) is 26.4. The molecule has 2 aromatic heterocycles. The van der Waals surface area contributed by atoms with E-state index < -0.39 is 0 Å². The maximum Gasteiger partial charge on any atom is 0.261 e. The molecule has 54 heavy (non-hydrogen) atoms. The zero-order valence-electron chi connectivity index (χ0n) is 30.0. The lowest BCUT2D eigenvalue weighted by Gasteiger charge is -2.30. The number of carbonyl (C=O) groups is 4. The summed E-state index contributed by atoms with van der Waals surface area (Å²) < 4.78 is 8.30. The fourth-order valence-corrected chi connectivity index (χ4v) is 8.55. The fraction of sp³-hybridized carbons (Fsp3) is 0.286. The van der Waals surface area contributed by atoms with Gasteiger partial charge in [-0.1, -0.05) is 24.3 Å². The second-order valence-corrected chi connectivity index (χ2v) is 14.4. The van der Waals surface area contributed by atoms with E-state index in [-0.39, 0.29) is 23.6 Å². The van der Waals surface area contributed by atoms with Crippen LogP contribution < -0.4 is 20.6 Å². The third kappa shape index (κ3) is 5.35. The molecule has 0 atom stereocenters. The van der Waals surface area contributed by atoms with Gasteiger partial charge in [0.25, 0.3) is 23.6 Å². The van der Waals surface area contributed by atoms with Gasteiger partial charge in [0.1, 0.15) is 24.8 Å². The van der Waals surface area contributed by atoms with Gasteiger partial charge in [-0.15, -0.1) is 0 Å². The van der Waals surface area contributed by atoms with Crippen molar-refractivity contribution < 1.29 is 28.3 Å². The van der Waals surface area contributed by atoms with Crippen LogP contribution in [0.3, 0.4) is 0 Å². The van der Waals surface area contributed by atoms with E-state index in [4.69, 9.17) is 11.5 Å². The van der Waals surface area contributed by atoms with E-state index in [1.165, 1.54) is 9.80 Å². The van der Waals surface area contributed by atoms with Crippen LogP contribution in [-0.2, 0) is 26.2 Å². The average Bonchev–Trinajstić information content (AvgIpc) is 3.85. The molecule has 7 aromatic rings. The van der Waals surface area contributed by atoms with Crippen LogP contribution in [0.2, 0.25) is 0 Å². The minimum atomic E-state index is -0.295. The lowest BCUT2D eigenvalue weighted by molar-refractivity contribution is -0.696. The van der Waals surface area contributed by atoms with Gasteiger partial charge in [0.05, 0.1) is 26.2 Å². The van der Waals surface area contributed by atoms with Gasteiger partial charge in [-0.05, 0) is 82.5 Å². The predicted molar refractivity (Wildman–Crippen MR) is 204 cm³/mol. The molecule has 0 saturated heterocycles. The molecule has 0 fully saturated rings. The van der Waals surface area contributed by atoms with E-state index in [1.54, 1.807) is 0 Å². The zero-order valence-corrected chi connectivity index (χ0v) is 30.0. The number of amides is 4. The number of carbonyl (C=O) groups excluding carboxylic acids is 4. The van der Waals surface area contributed by atoms with Crippen molar-refractivity contribution in [2.75, 3.05) is 26.2 Å². The quantitative estimate of drug-likeness (QED) is 0.0753. The molecule has 4 N–H and O–H groups in total. The van der Waals surface area contributed by atoms with Gasteiger partial charge in [-0.25, -0.2) is 18.3 Å². The van der Waals surface area contributed by atoms with Crippen LogP contribution in [-0.4, -0.2) is 68.7 Å². The molecular weight excluding hydrogens is 681 g/mol. The summed E-state index contributed by atoms with van der Waals surface area (Å²) >= 11 is 0. The molecule has 12 nitrogen and oxygen atoms in total. The summed E-state index contributed by atoms with van der Waals surface area (Å²) in [4.78, 5) is 58.6. The molecular formula is C42H42N8O4+2. The number of aryl methyl sites for hydroxylation is 4. The molecule has 0 radical (unpaired) electrons. The van der Waals surface area contributed by atoms with Crippen LogP contribution in [0.25, 0.3) is 43.1 Å². The van der Waals surface area contributed by atoms with E-state index in [0.29, 0.717) is 85.1 Å². The first-order valence-electron chi connectivity index (χ1n) is 18.8. The van der Waals surface area contributed by atoms with Crippen molar-refractivity contribution in [1.29, 1.82) is 0 Å². The van der Waals surface area contributed by atoms with Crippen LogP contribution in [0.5, 0.6) is 0 Å². The van der Waals surface area contributed by atoms with Gasteiger partial charge in [0.15, 0.2) is 0 Å². The van der Waals surface area contributed by atoms with Crippen LogP contribution in [0.15, 0.2) is 86.0 Å². The Labute approximate surface area is 311 Å². The Morgan fingerprint density at radius 3 is 1.13 bits per heavy atom. The second kappa shape index (κ2) is 13.5. The van der Waals surface area contributed by atoms with E-state index in [9.17, 15) is 19.2 Å². The number of nitrogens with zero attached hydrogens (tertiary/aromatic N) is 6. The molecule has 272 valence electrons. The monoisotopic (exact) mass is 722 g/mol. The molecule has 4 amide bonds. The topological polar surface area (TPSA) is 144 Å². The van der Waals surface area contributed by atoms with Crippen molar-refractivity contribution in [2.45, 2.75) is 51.9 Å². The molecule has 12 heteroatoms. The van der Waals surface area contributed by atoms with E-state index in [1.807, 2.05) is 86.0 Å². The molecule has 0 saturated carbocycles. The molecule has 2 aliphatic rings. The third-order valence-corrected chi connectivity index (χ3v) is 11.1. The van der Waals surface area contributed by atoms with E-state index >= 15 is 0 Å². The first kappa shape index (κ1) is 33.8. The lowest BCUT2D eigenvalue weighted by atomic mass is 9.82. The normalized spacial score (nSPS) is 14.3. The highest BCUT2D eigenvalue weighted by Gasteiger charge is 2.36. The minimum Gasteiger partial charge on any atom is -0.330 e. The molecule has 0 bridgehead atoms. The number of nitrogens with two attached hydrogens (primary N) is 2. The Morgan fingerprint density at radius 2 is 0.796 bits per heavy atom. The van der Waals surface area contributed by atoms with Crippen LogP contribution >= 0.6 is 0 Å².